The summed E-state index contributed by atoms with van der Waals surface area (Å²) in [5.41, 5.74) is 6.72. The zero-order chi connectivity index (χ0) is 17.7. The predicted molar refractivity (Wildman–Crippen MR) is 87.9 cm³/mol. The largest absolute Gasteiger partial charge is 0.465 e. The summed E-state index contributed by atoms with van der Waals surface area (Å²) in [6.07, 6.45) is 0. The normalized spacial score (nSPS) is 9.92. The molecule has 0 bridgehead atoms. The number of para-hydroxylation sites is 1. The van der Waals surface area contributed by atoms with Crippen molar-refractivity contribution in [3.05, 3.63) is 59.2 Å². The SMILES string of the molecule is COC(=O)c1ccc(C(=O)OC)c(NC(=O)c2ccccc2N)c1. The van der Waals surface area contributed by atoms with Gasteiger partial charge in [0.05, 0.1) is 36.6 Å². The molecule has 24 heavy (non-hydrogen) atoms. The number of hydrogen-bond donors (Lipinski definition) is 2. The number of carbonyl (C=O) groups excluding carboxylic acids is 3. The zero-order valence-electron chi connectivity index (χ0n) is 13.2. The molecule has 1 amide bonds. The number of nitrogens with one attached hydrogen (secondary N) is 1. The molecule has 2 aromatic carbocycles. The fourth-order valence-corrected chi connectivity index (χ4v) is 2.07. The number of amides is 1. The standard InChI is InChI=1S/C17H16N2O5/c1-23-16(21)10-7-8-12(17(22)24-2)14(9-10)19-15(20)11-5-3-4-6-13(11)18/h3-9H,18H2,1-2H3,(H,19,20). The lowest BCUT2D eigenvalue weighted by Crippen LogP contribution is -2.17. The van der Waals surface area contributed by atoms with E-state index in [0.717, 1.165) is 0 Å². The van der Waals surface area contributed by atoms with E-state index in [1.807, 2.05) is 0 Å². The molecule has 0 atom stereocenters. The van der Waals surface area contributed by atoms with Gasteiger partial charge in [0.25, 0.3) is 5.91 Å². The Labute approximate surface area is 138 Å². The molecule has 3 N–H and O–H groups in total. The first-order valence-corrected chi connectivity index (χ1v) is 6.94. The third-order valence-electron chi connectivity index (χ3n) is 3.30. The molecule has 0 fully saturated rings. The predicted octanol–water partition coefficient (Wildman–Crippen LogP) is 2.09. The van der Waals surface area contributed by atoms with Crippen LogP contribution >= 0.6 is 0 Å². The number of carbonyl (C=O) groups is 3. The fraction of sp³-hybridized carbons (Fsp3) is 0.118. The second-order valence-electron chi connectivity index (χ2n) is 4.78. The number of ether oxygens (including phenoxy) is 2. The summed E-state index contributed by atoms with van der Waals surface area (Å²) in [6, 6.07) is 10.6. The van der Waals surface area contributed by atoms with E-state index in [2.05, 4.69) is 14.8 Å². The Bertz CT molecular complexity index is 801. The zero-order valence-corrected chi connectivity index (χ0v) is 13.2. The lowest BCUT2D eigenvalue weighted by Gasteiger charge is -2.12. The summed E-state index contributed by atoms with van der Waals surface area (Å²) < 4.78 is 9.32. The van der Waals surface area contributed by atoms with E-state index in [4.69, 9.17) is 5.73 Å². The number of nitrogen functional groups attached to an aromatic ring is 1. The van der Waals surface area contributed by atoms with E-state index in [0.29, 0.717) is 5.69 Å². The Morgan fingerprint density at radius 2 is 1.58 bits per heavy atom. The van der Waals surface area contributed by atoms with E-state index in [1.54, 1.807) is 24.3 Å². The number of rotatable bonds is 4. The van der Waals surface area contributed by atoms with Crippen molar-refractivity contribution in [1.29, 1.82) is 0 Å². The van der Waals surface area contributed by atoms with E-state index < -0.39 is 17.8 Å². The number of methoxy groups -OCH3 is 2. The Morgan fingerprint density at radius 1 is 0.917 bits per heavy atom. The van der Waals surface area contributed by atoms with Gasteiger partial charge in [-0.25, -0.2) is 9.59 Å². The molecule has 0 aliphatic heterocycles. The van der Waals surface area contributed by atoms with Gasteiger partial charge in [-0.2, -0.15) is 0 Å². The third-order valence-corrected chi connectivity index (χ3v) is 3.30. The minimum Gasteiger partial charge on any atom is -0.465 e. The van der Waals surface area contributed by atoms with Crippen LogP contribution < -0.4 is 11.1 Å². The van der Waals surface area contributed by atoms with Gasteiger partial charge < -0.3 is 20.5 Å². The topological polar surface area (TPSA) is 108 Å². The molecule has 0 saturated carbocycles. The van der Waals surface area contributed by atoms with E-state index in [-0.39, 0.29) is 22.4 Å². The molecule has 124 valence electrons. The molecule has 0 radical (unpaired) electrons. The number of hydrogen-bond acceptors (Lipinski definition) is 6. The van der Waals surface area contributed by atoms with E-state index in [1.165, 1.54) is 32.4 Å². The van der Waals surface area contributed by atoms with Crippen molar-refractivity contribution in [2.75, 3.05) is 25.3 Å². The highest BCUT2D eigenvalue weighted by Crippen LogP contribution is 2.21. The maximum Gasteiger partial charge on any atom is 0.339 e. The monoisotopic (exact) mass is 328 g/mol. The van der Waals surface area contributed by atoms with E-state index >= 15 is 0 Å². The van der Waals surface area contributed by atoms with Crippen molar-refractivity contribution in [2.45, 2.75) is 0 Å². The molecule has 0 heterocycles. The van der Waals surface area contributed by atoms with Crippen molar-refractivity contribution < 1.29 is 23.9 Å². The molecule has 0 aliphatic rings. The quantitative estimate of drug-likeness (QED) is 0.657. The second-order valence-corrected chi connectivity index (χ2v) is 4.78. The summed E-state index contributed by atoms with van der Waals surface area (Å²) in [7, 11) is 2.46. The molecular formula is C17H16N2O5. The summed E-state index contributed by atoms with van der Waals surface area (Å²) in [5.74, 6) is -1.76. The van der Waals surface area contributed by atoms with Gasteiger partial charge >= 0.3 is 11.9 Å². The first-order valence-electron chi connectivity index (χ1n) is 6.94. The van der Waals surface area contributed by atoms with Crippen molar-refractivity contribution in [3.8, 4) is 0 Å². The first-order chi connectivity index (χ1) is 11.5. The van der Waals surface area contributed by atoms with Crippen LogP contribution in [0.1, 0.15) is 31.1 Å². The lowest BCUT2D eigenvalue weighted by atomic mass is 10.1. The molecule has 0 saturated heterocycles. The van der Waals surface area contributed by atoms with Gasteiger partial charge in [0.15, 0.2) is 0 Å². The molecule has 2 rings (SSSR count). The Kier molecular flexibility index (Phi) is 5.16. The van der Waals surface area contributed by atoms with Crippen LogP contribution in [0, 0.1) is 0 Å². The highest BCUT2D eigenvalue weighted by Gasteiger charge is 2.18. The average Bonchev–Trinajstić information content (AvgIpc) is 2.60. The maximum atomic E-state index is 12.4. The van der Waals surface area contributed by atoms with Crippen molar-refractivity contribution >= 4 is 29.2 Å². The molecule has 0 aliphatic carbocycles. The van der Waals surface area contributed by atoms with Crippen molar-refractivity contribution in [2.24, 2.45) is 0 Å². The summed E-state index contributed by atoms with van der Waals surface area (Å²) >= 11 is 0. The van der Waals surface area contributed by atoms with Crippen LogP contribution in [0.25, 0.3) is 0 Å². The van der Waals surface area contributed by atoms with Crippen molar-refractivity contribution in [1.82, 2.24) is 0 Å². The minimum absolute atomic E-state index is 0.105. The van der Waals surface area contributed by atoms with Gasteiger partial charge in [-0.3, -0.25) is 4.79 Å². The summed E-state index contributed by atoms with van der Waals surface area (Å²) in [5, 5.41) is 2.57. The van der Waals surface area contributed by atoms with Gasteiger partial charge in [0.1, 0.15) is 0 Å². The summed E-state index contributed by atoms with van der Waals surface area (Å²) in [6.45, 7) is 0. The minimum atomic E-state index is -0.650. The second kappa shape index (κ2) is 7.28. The fourth-order valence-electron chi connectivity index (χ4n) is 2.07. The van der Waals surface area contributed by atoms with Crippen LogP contribution in [0.4, 0.5) is 11.4 Å². The van der Waals surface area contributed by atoms with E-state index in [9.17, 15) is 14.4 Å². The van der Waals surface area contributed by atoms with Crippen LogP contribution in [0.3, 0.4) is 0 Å². The highest BCUT2D eigenvalue weighted by atomic mass is 16.5. The van der Waals surface area contributed by atoms with Gasteiger partial charge in [-0.05, 0) is 30.3 Å². The molecular weight excluding hydrogens is 312 g/mol. The third kappa shape index (κ3) is 3.52. The Hall–Kier alpha value is -3.35. The number of benzene rings is 2. The molecule has 7 nitrogen and oxygen atoms in total. The van der Waals surface area contributed by atoms with Gasteiger partial charge in [-0.15, -0.1) is 0 Å². The Morgan fingerprint density at radius 3 is 2.21 bits per heavy atom. The first kappa shape index (κ1) is 17.0. The van der Waals surface area contributed by atoms with Crippen molar-refractivity contribution in [3.63, 3.8) is 0 Å². The van der Waals surface area contributed by atoms with Gasteiger partial charge in [0.2, 0.25) is 0 Å². The van der Waals surface area contributed by atoms with Crippen LogP contribution in [0.5, 0.6) is 0 Å². The Balaban J connectivity index is 2.42. The lowest BCUT2D eigenvalue weighted by molar-refractivity contribution is 0.0587. The molecule has 0 unspecified atom stereocenters. The smallest absolute Gasteiger partial charge is 0.339 e. The van der Waals surface area contributed by atoms with Crippen LogP contribution in [0.2, 0.25) is 0 Å². The molecule has 0 spiro atoms. The molecule has 2 aromatic rings. The van der Waals surface area contributed by atoms with Crippen LogP contribution in [-0.4, -0.2) is 32.1 Å². The molecule has 0 aromatic heterocycles. The highest BCUT2D eigenvalue weighted by molar-refractivity contribution is 6.11. The average molecular weight is 328 g/mol. The number of anilines is 2. The maximum absolute atomic E-state index is 12.4. The summed E-state index contributed by atoms with van der Waals surface area (Å²) in [4.78, 5) is 35.9. The number of nitrogens with two attached hydrogens (primary N) is 1. The van der Waals surface area contributed by atoms with Gasteiger partial charge in [-0.1, -0.05) is 12.1 Å². The van der Waals surface area contributed by atoms with Crippen LogP contribution in [-0.2, 0) is 9.47 Å². The van der Waals surface area contributed by atoms with Crippen LogP contribution in [0.15, 0.2) is 42.5 Å². The van der Waals surface area contributed by atoms with Gasteiger partial charge in [0, 0.05) is 5.69 Å². The number of esters is 2. The molecule has 7 heteroatoms.